The van der Waals surface area contributed by atoms with E-state index < -0.39 is 12.4 Å². The molecule has 4 unspecified atom stereocenters. The predicted molar refractivity (Wildman–Crippen MR) is 54.3 cm³/mol. The molecular formula is C10H19NO4. The highest BCUT2D eigenvalue weighted by atomic mass is 16.6. The van der Waals surface area contributed by atoms with Crippen LogP contribution in [-0.2, 0) is 9.53 Å². The Kier molecular flexibility index (Phi) is 5.17. The Morgan fingerprint density at radius 3 is 2.93 bits per heavy atom. The van der Waals surface area contributed by atoms with E-state index in [1.807, 2.05) is 0 Å². The van der Waals surface area contributed by atoms with Gasteiger partial charge in [-0.25, -0.2) is 0 Å². The Balaban J connectivity index is 2.28. The quantitative estimate of drug-likeness (QED) is 0.424. The van der Waals surface area contributed by atoms with Crippen molar-refractivity contribution in [3.63, 3.8) is 0 Å². The van der Waals surface area contributed by atoms with E-state index in [4.69, 9.17) is 4.74 Å². The molecule has 0 aromatic heterocycles. The molecule has 1 rings (SSSR count). The maximum atomic E-state index is 10.1. The molecule has 0 radical (unpaired) electrons. The second-order valence-corrected chi connectivity index (χ2v) is 3.89. The molecule has 3 N–H and O–H groups in total. The molecule has 1 heterocycles. The molecule has 0 aliphatic carbocycles. The smallest absolute Gasteiger partial charge is 0.156 e. The third-order valence-corrected chi connectivity index (χ3v) is 2.63. The summed E-state index contributed by atoms with van der Waals surface area (Å²) in [5.74, 6) is 0. The summed E-state index contributed by atoms with van der Waals surface area (Å²) in [5, 5.41) is 22.2. The predicted octanol–water partition coefficient (Wildman–Crippen LogP) is -0.588. The molecule has 0 spiro atoms. The van der Waals surface area contributed by atoms with E-state index >= 15 is 0 Å². The van der Waals surface area contributed by atoms with Crippen molar-refractivity contribution in [3.05, 3.63) is 0 Å². The summed E-state index contributed by atoms with van der Waals surface area (Å²) >= 11 is 0. The lowest BCUT2D eigenvalue weighted by Gasteiger charge is -2.36. The van der Waals surface area contributed by atoms with Crippen LogP contribution in [0.1, 0.15) is 26.2 Å². The Morgan fingerprint density at radius 1 is 1.53 bits per heavy atom. The number of aldehydes is 1. The summed E-state index contributed by atoms with van der Waals surface area (Å²) in [7, 11) is 0. The van der Waals surface area contributed by atoms with Crippen LogP contribution in [0.3, 0.4) is 0 Å². The van der Waals surface area contributed by atoms with Gasteiger partial charge in [-0.05, 0) is 19.9 Å². The third-order valence-electron chi connectivity index (χ3n) is 2.63. The Hall–Kier alpha value is -0.490. The van der Waals surface area contributed by atoms with Gasteiger partial charge in [0, 0.05) is 18.9 Å². The van der Waals surface area contributed by atoms with Crippen LogP contribution in [0.4, 0.5) is 0 Å². The van der Waals surface area contributed by atoms with Gasteiger partial charge in [0.25, 0.3) is 0 Å². The Morgan fingerprint density at radius 2 is 2.27 bits per heavy atom. The molecule has 1 aliphatic heterocycles. The zero-order valence-electron chi connectivity index (χ0n) is 8.93. The van der Waals surface area contributed by atoms with E-state index in [-0.39, 0.29) is 12.1 Å². The minimum Gasteiger partial charge on any atom is -0.389 e. The first-order chi connectivity index (χ1) is 7.15. The van der Waals surface area contributed by atoms with Gasteiger partial charge in [0.15, 0.2) is 6.29 Å². The SMILES string of the molecule is CC1OC(O)CC(NCCCC=O)C1O. The number of aliphatic hydroxyl groups excluding tert-OH is 2. The van der Waals surface area contributed by atoms with Crippen molar-refractivity contribution < 1.29 is 19.7 Å². The molecule has 0 saturated carbocycles. The highest BCUT2D eigenvalue weighted by Crippen LogP contribution is 2.18. The van der Waals surface area contributed by atoms with E-state index in [1.54, 1.807) is 6.92 Å². The molecule has 0 aromatic carbocycles. The van der Waals surface area contributed by atoms with Gasteiger partial charge in [0.05, 0.1) is 12.2 Å². The van der Waals surface area contributed by atoms with Gasteiger partial charge in [-0.1, -0.05) is 0 Å². The zero-order chi connectivity index (χ0) is 11.3. The van der Waals surface area contributed by atoms with E-state index in [2.05, 4.69) is 5.32 Å². The fourth-order valence-electron chi connectivity index (χ4n) is 1.74. The molecule has 0 aromatic rings. The highest BCUT2D eigenvalue weighted by molar-refractivity contribution is 5.48. The number of aliphatic hydroxyl groups is 2. The molecule has 88 valence electrons. The van der Waals surface area contributed by atoms with Crippen molar-refractivity contribution in [1.29, 1.82) is 0 Å². The summed E-state index contributed by atoms with van der Waals surface area (Å²) in [6, 6.07) is -0.157. The number of carbonyl (C=O) groups is 1. The normalized spacial score (nSPS) is 36.5. The molecule has 0 bridgehead atoms. The third kappa shape index (κ3) is 3.87. The van der Waals surface area contributed by atoms with E-state index in [9.17, 15) is 15.0 Å². The number of carbonyl (C=O) groups excluding carboxylic acids is 1. The lowest BCUT2D eigenvalue weighted by atomic mass is 9.99. The molecule has 1 saturated heterocycles. The van der Waals surface area contributed by atoms with Gasteiger partial charge in [0.2, 0.25) is 0 Å². The molecular weight excluding hydrogens is 198 g/mol. The van der Waals surface area contributed by atoms with E-state index in [1.165, 1.54) is 0 Å². The lowest BCUT2D eigenvalue weighted by molar-refractivity contribution is -0.202. The number of unbranched alkanes of at least 4 members (excludes halogenated alkanes) is 1. The first kappa shape index (κ1) is 12.6. The largest absolute Gasteiger partial charge is 0.389 e. The van der Waals surface area contributed by atoms with Gasteiger partial charge >= 0.3 is 0 Å². The van der Waals surface area contributed by atoms with E-state index in [0.29, 0.717) is 19.4 Å². The first-order valence-electron chi connectivity index (χ1n) is 5.33. The standard InChI is InChI=1S/C10H19NO4/c1-7-10(14)8(6-9(13)15-7)11-4-2-3-5-12/h5,7-11,13-14H,2-4,6H2,1H3. The molecule has 1 aliphatic rings. The van der Waals surface area contributed by atoms with Crippen LogP contribution in [0.5, 0.6) is 0 Å². The minimum absolute atomic E-state index is 0.157. The van der Waals surface area contributed by atoms with Crippen molar-refractivity contribution in [2.45, 2.75) is 50.7 Å². The molecule has 15 heavy (non-hydrogen) atoms. The van der Waals surface area contributed by atoms with Gasteiger partial charge in [0.1, 0.15) is 6.29 Å². The Labute approximate surface area is 89.4 Å². The van der Waals surface area contributed by atoms with Crippen LogP contribution < -0.4 is 5.32 Å². The first-order valence-corrected chi connectivity index (χ1v) is 5.33. The second kappa shape index (κ2) is 6.17. The molecule has 4 atom stereocenters. The molecule has 0 amide bonds. The summed E-state index contributed by atoms with van der Waals surface area (Å²) in [6.07, 6.45) is 0.739. The molecule has 5 nitrogen and oxygen atoms in total. The van der Waals surface area contributed by atoms with Crippen molar-refractivity contribution in [3.8, 4) is 0 Å². The molecule has 5 heteroatoms. The van der Waals surface area contributed by atoms with Crippen molar-refractivity contribution in [2.24, 2.45) is 0 Å². The highest BCUT2D eigenvalue weighted by Gasteiger charge is 2.33. The zero-order valence-corrected chi connectivity index (χ0v) is 8.93. The topological polar surface area (TPSA) is 78.8 Å². The fourth-order valence-corrected chi connectivity index (χ4v) is 1.74. The summed E-state index contributed by atoms with van der Waals surface area (Å²) < 4.78 is 5.07. The Bertz CT molecular complexity index is 200. The maximum absolute atomic E-state index is 10.1. The monoisotopic (exact) mass is 217 g/mol. The fraction of sp³-hybridized carbons (Fsp3) is 0.900. The van der Waals surface area contributed by atoms with Gasteiger partial charge < -0.3 is 25.1 Å². The lowest BCUT2D eigenvalue weighted by Crippen LogP contribution is -2.53. The average Bonchev–Trinajstić information content (AvgIpc) is 2.19. The van der Waals surface area contributed by atoms with Crippen LogP contribution in [0.15, 0.2) is 0 Å². The van der Waals surface area contributed by atoms with Crippen molar-refractivity contribution in [2.75, 3.05) is 6.54 Å². The summed E-state index contributed by atoms with van der Waals surface area (Å²) in [5.41, 5.74) is 0. The van der Waals surface area contributed by atoms with Crippen molar-refractivity contribution in [1.82, 2.24) is 5.32 Å². The second-order valence-electron chi connectivity index (χ2n) is 3.89. The van der Waals surface area contributed by atoms with Crippen LogP contribution in [-0.4, -0.2) is 47.6 Å². The number of hydrogen-bond donors (Lipinski definition) is 3. The average molecular weight is 217 g/mol. The molecule has 1 fully saturated rings. The van der Waals surface area contributed by atoms with Gasteiger partial charge in [-0.2, -0.15) is 0 Å². The van der Waals surface area contributed by atoms with Crippen LogP contribution in [0.2, 0.25) is 0 Å². The van der Waals surface area contributed by atoms with Crippen LogP contribution in [0, 0.1) is 0 Å². The number of ether oxygens (including phenoxy) is 1. The minimum atomic E-state index is -0.813. The van der Waals surface area contributed by atoms with Crippen LogP contribution >= 0.6 is 0 Å². The van der Waals surface area contributed by atoms with Crippen molar-refractivity contribution >= 4 is 6.29 Å². The van der Waals surface area contributed by atoms with Gasteiger partial charge in [-0.15, -0.1) is 0 Å². The number of nitrogens with one attached hydrogen (secondary N) is 1. The summed E-state index contributed by atoms with van der Waals surface area (Å²) in [4.78, 5) is 10.1. The maximum Gasteiger partial charge on any atom is 0.156 e. The number of hydrogen-bond acceptors (Lipinski definition) is 5. The van der Waals surface area contributed by atoms with Crippen LogP contribution in [0.25, 0.3) is 0 Å². The summed E-state index contributed by atoms with van der Waals surface area (Å²) in [6.45, 7) is 2.40. The van der Waals surface area contributed by atoms with Gasteiger partial charge in [-0.3, -0.25) is 0 Å². The number of rotatable bonds is 5. The van der Waals surface area contributed by atoms with E-state index in [0.717, 1.165) is 12.7 Å².